The Morgan fingerprint density at radius 2 is 1.18 bits per heavy atom. The predicted molar refractivity (Wildman–Crippen MR) is 135 cm³/mol. The molecule has 1 aromatic rings. The molecule has 22 heteroatoms. The molecule has 4 N–H and O–H groups in total. The summed E-state index contributed by atoms with van der Waals surface area (Å²) in [4.78, 5) is 40.6. The van der Waals surface area contributed by atoms with Crippen molar-refractivity contribution in [2.45, 2.75) is 63.3 Å². The van der Waals surface area contributed by atoms with Gasteiger partial charge in [-0.1, -0.05) is 18.2 Å². The van der Waals surface area contributed by atoms with Crippen molar-refractivity contribution in [2.75, 3.05) is 24.2 Å². The number of nitrogens with one attached hydrogen (secondary N) is 1. The molecular formula is C23H28F9N3O9S. The van der Waals surface area contributed by atoms with E-state index in [4.69, 9.17) is 29.7 Å². The summed E-state index contributed by atoms with van der Waals surface area (Å²) in [5, 5.41) is 24.8. The summed E-state index contributed by atoms with van der Waals surface area (Å²) in [6.07, 6.45) is -11.6. The smallest absolute Gasteiger partial charge is 0.475 e. The zero-order valence-corrected chi connectivity index (χ0v) is 24.0. The van der Waals surface area contributed by atoms with Crippen molar-refractivity contribution in [2.24, 2.45) is 0 Å². The maximum atomic E-state index is 12.2. The number of hydrogen-bond donors (Lipinski definition) is 4. The summed E-state index contributed by atoms with van der Waals surface area (Å²) >= 11 is 0. The molecule has 258 valence electrons. The van der Waals surface area contributed by atoms with E-state index in [9.17, 15) is 52.7 Å². The number of carboxylic acid groups (broad SMARTS) is 3. The van der Waals surface area contributed by atoms with Crippen molar-refractivity contribution in [1.29, 1.82) is 0 Å². The maximum Gasteiger partial charge on any atom is 0.490 e. The number of aliphatic carboxylic acids is 3. The molecule has 2 aliphatic rings. The fourth-order valence-corrected chi connectivity index (χ4v) is 5.44. The first-order valence-corrected chi connectivity index (χ1v) is 14.0. The summed E-state index contributed by atoms with van der Waals surface area (Å²) in [5.41, 5.74) is 1.98. The number of para-hydroxylation sites is 1. The molecule has 1 aromatic carbocycles. The van der Waals surface area contributed by atoms with E-state index in [0.717, 1.165) is 24.1 Å². The minimum atomic E-state index is -5.08. The molecule has 2 aliphatic heterocycles. The number of halogens is 9. The molecule has 1 saturated heterocycles. The molecule has 45 heavy (non-hydrogen) atoms. The number of carbonyl (C=O) groups excluding carboxylic acids is 1. The van der Waals surface area contributed by atoms with E-state index in [1.54, 1.807) is 16.1 Å². The number of rotatable bonds is 1. The van der Waals surface area contributed by atoms with Crippen LogP contribution in [0.1, 0.15) is 31.7 Å². The number of nitrogens with zero attached hydrogens (tertiary/aromatic N) is 2. The van der Waals surface area contributed by atoms with Gasteiger partial charge in [0, 0.05) is 44.3 Å². The predicted octanol–water partition coefficient (Wildman–Crippen LogP) is 3.23. The van der Waals surface area contributed by atoms with Crippen LogP contribution >= 0.6 is 0 Å². The molecule has 12 nitrogen and oxygen atoms in total. The first kappa shape index (κ1) is 41.3. The van der Waals surface area contributed by atoms with Gasteiger partial charge in [-0.25, -0.2) is 22.8 Å². The Balaban J connectivity index is 0.000000753. The van der Waals surface area contributed by atoms with Crippen LogP contribution in [0.5, 0.6) is 0 Å². The fraction of sp³-hybridized carbons (Fsp3) is 0.565. The lowest BCUT2D eigenvalue weighted by molar-refractivity contribution is -0.193. The molecule has 2 heterocycles. The highest BCUT2D eigenvalue weighted by molar-refractivity contribution is 7.88. The van der Waals surface area contributed by atoms with Crippen LogP contribution in [0.2, 0.25) is 0 Å². The van der Waals surface area contributed by atoms with Crippen LogP contribution in [0.3, 0.4) is 0 Å². The van der Waals surface area contributed by atoms with Crippen LogP contribution in [0.4, 0.5) is 45.2 Å². The van der Waals surface area contributed by atoms with Crippen LogP contribution in [0.25, 0.3) is 0 Å². The fourth-order valence-electron chi connectivity index (χ4n) is 3.97. The average Bonchev–Trinajstić information content (AvgIpc) is 3.26. The summed E-state index contributed by atoms with van der Waals surface area (Å²) < 4.78 is 121. The second-order valence-corrected chi connectivity index (χ2v) is 11.0. The lowest BCUT2D eigenvalue weighted by Gasteiger charge is -2.29. The Bertz CT molecular complexity index is 1230. The van der Waals surface area contributed by atoms with E-state index in [-0.39, 0.29) is 18.0 Å². The molecule has 0 saturated carbocycles. The van der Waals surface area contributed by atoms with Gasteiger partial charge < -0.3 is 25.5 Å². The van der Waals surface area contributed by atoms with Crippen molar-refractivity contribution < 1.29 is 82.4 Å². The molecule has 1 fully saturated rings. The molecular weight excluding hydrogens is 665 g/mol. The van der Waals surface area contributed by atoms with Gasteiger partial charge in [0.2, 0.25) is 15.9 Å². The second-order valence-electron chi connectivity index (χ2n) is 9.11. The number of fused-ring (bicyclic) bond motifs is 3. The Morgan fingerprint density at radius 3 is 1.56 bits per heavy atom. The number of carbonyl (C=O) groups is 4. The Morgan fingerprint density at radius 1 is 0.778 bits per heavy atom. The normalized spacial score (nSPS) is 19.0. The van der Waals surface area contributed by atoms with Crippen molar-refractivity contribution in [3.8, 4) is 0 Å². The van der Waals surface area contributed by atoms with E-state index >= 15 is 0 Å². The van der Waals surface area contributed by atoms with Crippen LogP contribution in [0, 0.1) is 0 Å². The monoisotopic (exact) mass is 693 g/mol. The SMILES string of the molecule is CC(=O)N1CC[C@H]2CC[C@@H](CNCc3ccccc31)N2S(C)(=O)=O.O=C(O)C(F)(F)F.O=C(O)C(F)(F)F.O=C(O)C(F)(F)F. The molecule has 0 radical (unpaired) electrons. The first-order valence-electron chi connectivity index (χ1n) is 12.2. The van der Waals surface area contributed by atoms with Crippen LogP contribution in [-0.4, -0.2) is 102 Å². The Hall–Kier alpha value is -3.66. The number of hydrogen-bond acceptors (Lipinski definition) is 7. The molecule has 1 amide bonds. The molecule has 2 bridgehead atoms. The standard InChI is InChI=1S/C17H25N3O3S.3C2HF3O2/c1-13(21)19-10-9-15-7-8-16(20(15)24(2,22)23)12-18-11-14-5-3-4-6-17(14)19;3*3-2(4,5)1(6)7/h3-6,15-16,18H,7-12H2,1-2H3;3*(H,6,7)/t15-,16+;;;/m1.../s1. The third-order valence-electron chi connectivity index (χ3n) is 5.71. The van der Waals surface area contributed by atoms with Gasteiger partial charge in [-0.3, -0.25) is 4.79 Å². The van der Waals surface area contributed by atoms with E-state index in [0.29, 0.717) is 26.1 Å². The second kappa shape index (κ2) is 16.6. The van der Waals surface area contributed by atoms with Gasteiger partial charge in [0.25, 0.3) is 0 Å². The lowest BCUT2D eigenvalue weighted by atomic mass is 10.1. The third kappa shape index (κ3) is 14.8. The molecule has 0 spiro atoms. The van der Waals surface area contributed by atoms with Gasteiger partial charge in [0.1, 0.15) is 0 Å². The quantitative estimate of drug-likeness (QED) is 0.319. The van der Waals surface area contributed by atoms with Gasteiger partial charge in [-0.05, 0) is 30.9 Å². The van der Waals surface area contributed by atoms with Crippen molar-refractivity contribution in [3.05, 3.63) is 29.8 Å². The Labute approximate surface area is 249 Å². The van der Waals surface area contributed by atoms with Crippen LogP contribution in [-0.2, 0) is 35.7 Å². The van der Waals surface area contributed by atoms with E-state index < -0.39 is 46.5 Å². The first-order chi connectivity index (χ1) is 20.2. The van der Waals surface area contributed by atoms with E-state index in [1.165, 1.54) is 6.26 Å². The van der Waals surface area contributed by atoms with Crippen LogP contribution in [0.15, 0.2) is 24.3 Å². The van der Waals surface area contributed by atoms with Gasteiger partial charge in [0.15, 0.2) is 0 Å². The lowest BCUT2D eigenvalue weighted by Crippen LogP contribution is -2.45. The highest BCUT2D eigenvalue weighted by Gasteiger charge is 2.41. The third-order valence-corrected chi connectivity index (χ3v) is 7.07. The zero-order chi connectivity index (χ0) is 35.6. The van der Waals surface area contributed by atoms with Gasteiger partial charge >= 0.3 is 36.4 Å². The minimum absolute atomic E-state index is 0.000963. The number of anilines is 1. The van der Waals surface area contributed by atoms with E-state index in [1.807, 2.05) is 24.3 Å². The molecule has 3 rings (SSSR count). The highest BCUT2D eigenvalue weighted by atomic mass is 32.2. The number of amides is 1. The topological polar surface area (TPSA) is 182 Å². The largest absolute Gasteiger partial charge is 0.490 e. The average molecular weight is 694 g/mol. The zero-order valence-electron chi connectivity index (χ0n) is 23.2. The summed E-state index contributed by atoms with van der Waals surface area (Å²) in [7, 11) is -3.26. The summed E-state index contributed by atoms with van der Waals surface area (Å²) in [5.74, 6) is -8.28. The molecule has 0 unspecified atom stereocenters. The number of sulfonamides is 1. The van der Waals surface area contributed by atoms with Crippen molar-refractivity contribution in [1.82, 2.24) is 9.62 Å². The summed E-state index contributed by atoms with van der Waals surface area (Å²) in [6.45, 7) is 3.36. The van der Waals surface area contributed by atoms with Crippen molar-refractivity contribution in [3.63, 3.8) is 0 Å². The van der Waals surface area contributed by atoms with Gasteiger partial charge in [-0.15, -0.1) is 0 Å². The van der Waals surface area contributed by atoms with Crippen LogP contribution < -0.4 is 10.2 Å². The maximum absolute atomic E-state index is 12.2. The molecule has 0 aliphatic carbocycles. The molecule has 0 aromatic heterocycles. The number of benzene rings is 1. The Kier molecular flexibility index (Phi) is 15.2. The van der Waals surface area contributed by atoms with Gasteiger partial charge in [0.05, 0.1) is 6.26 Å². The van der Waals surface area contributed by atoms with Crippen molar-refractivity contribution >= 4 is 39.5 Å². The van der Waals surface area contributed by atoms with E-state index in [2.05, 4.69) is 5.32 Å². The minimum Gasteiger partial charge on any atom is -0.475 e. The number of carboxylic acids is 3. The highest BCUT2D eigenvalue weighted by Crippen LogP contribution is 2.31. The van der Waals surface area contributed by atoms with Gasteiger partial charge in [-0.2, -0.15) is 43.8 Å². The summed E-state index contributed by atoms with van der Waals surface area (Å²) in [6, 6.07) is 7.85. The number of alkyl halides is 9. The molecule has 2 atom stereocenters.